The molecule has 34 heavy (non-hydrogen) atoms. The van der Waals surface area contributed by atoms with Gasteiger partial charge in [0, 0.05) is 19.4 Å². The normalized spacial score (nSPS) is 17.8. The van der Waals surface area contributed by atoms with E-state index in [4.69, 9.17) is 22.3 Å². The zero-order valence-corrected chi connectivity index (χ0v) is 18.4. The SMILES string of the molecule is NC(=O)CCC(NC(=O)C1CCCN1C(=O)C(N)CCC(=O)O)C(=O)NC(CC(N)=O)C(=O)O. The molecule has 1 rings (SSSR count). The Morgan fingerprint density at radius 3 is 2.09 bits per heavy atom. The molecule has 1 fully saturated rings. The largest absolute Gasteiger partial charge is 0.481 e. The first-order valence-corrected chi connectivity index (χ1v) is 10.5. The maximum absolute atomic E-state index is 12.9. The molecule has 0 aliphatic carbocycles. The summed E-state index contributed by atoms with van der Waals surface area (Å²) < 4.78 is 0. The van der Waals surface area contributed by atoms with Crippen LogP contribution in [-0.4, -0.2) is 87.3 Å². The lowest BCUT2D eigenvalue weighted by Gasteiger charge is -2.28. The van der Waals surface area contributed by atoms with E-state index in [1.54, 1.807) is 0 Å². The van der Waals surface area contributed by atoms with Crippen molar-refractivity contribution in [3.8, 4) is 0 Å². The molecule has 0 bridgehead atoms. The Labute approximate surface area is 194 Å². The fourth-order valence-corrected chi connectivity index (χ4v) is 3.42. The van der Waals surface area contributed by atoms with Crippen LogP contribution < -0.4 is 27.8 Å². The van der Waals surface area contributed by atoms with E-state index < -0.39 is 72.1 Å². The highest BCUT2D eigenvalue weighted by Gasteiger charge is 2.38. The van der Waals surface area contributed by atoms with Crippen molar-refractivity contribution >= 4 is 41.5 Å². The average Bonchev–Trinajstić information content (AvgIpc) is 3.23. The van der Waals surface area contributed by atoms with E-state index in [0.717, 1.165) is 0 Å². The topological polar surface area (TPSA) is 265 Å². The third kappa shape index (κ3) is 9.01. The molecule has 1 aliphatic heterocycles. The summed E-state index contributed by atoms with van der Waals surface area (Å²) in [5, 5.41) is 22.4. The fourth-order valence-electron chi connectivity index (χ4n) is 3.42. The summed E-state index contributed by atoms with van der Waals surface area (Å²) in [4.78, 5) is 83.6. The summed E-state index contributed by atoms with van der Waals surface area (Å²) in [6, 6.07) is -5.19. The molecule has 0 aromatic heterocycles. The fraction of sp³-hybridized carbons (Fsp3) is 0.632. The van der Waals surface area contributed by atoms with Gasteiger partial charge in [0.1, 0.15) is 18.1 Å². The number of hydrogen-bond donors (Lipinski definition) is 7. The minimum Gasteiger partial charge on any atom is -0.481 e. The molecule has 190 valence electrons. The average molecular weight is 486 g/mol. The summed E-state index contributed by atoms with van der Waals surface area (Å²) in [6.07, 6.45) is -1.05. The van der Waals surface area contributed by atoms with Crippen LogP contribution in [-0.2, 0) is 33.6 Å². The number of carbonyl (C=O) groups excluding carboxylic acids is 5. The summed E-state index contributed by atoms with van der Waals surface area (Å²) >= 11 is 0. The zero-order valence-electron chi connectivity index (χ0n) is 18.4. The van der Waals surface area contributed by atoms with Gasteiger partial charge < -0.3 is 42.9 Å². The second kappa shape index (κ2) is 13.1. The molecule has 10 N–H and O–H groups in total. The summed E-state index contributed by atoms with van der Waals surface area (Å²) in [7, 11) is 0. The minimum atomic E-state index is -1.66. The molecule has 0 saturated carbocycles. The van der Waals surface area contributed by atoms with Crippen LogP contribution in [0.25, 0.3) is 0 Å². The Balaban J connectivity index is 2.93. The number of carbonyl (C=O) groups is 7. The molecular weight excluding hydrogens is 456 g/mol. The lowest BCUT2D eigenvalue weighted by Crippen LogP contribution is -2.57. The number of likely N-dealkylation sites (tertiary alicyclic amines) is 1. The number of amides is 5. The van der Waals surface area contributed by atoms with Gasteiger partial charge in [-0.05, 0) is 25.7 Å². The molecular formula is C19H30N6O9. The van der Waals surface area contributed by atoms with E-state index in [9.17, 15) is 38.7 Å². The Morgan fingerprint density at radius 2 is 1.56 bits per heavy atom. The van der Waals surface area contributed by atoms with Crippen LogP contribution in [0.15, 0.2) is 0 Å². The molecule has 15 heteroatoms. The van der Waals surface area contributed by atoms with Gasteiger partial charge in [-0.1, -0.05) is 0 Å². The number of hydrogen-bond acceptors (Lipinski definition) is 8. The van der Waals surface area contributed by atoms with Gasteiger partial charge in [-0.25, -0.2) is 4.79 Å². The molecule has 0 aromatic carbocycles. The highest BCUT2D eigenvalue weighted by atomic mass is 16.4. The zero-order chi connectivity index (χ0) is 26.0. The second-order valence-electron chi connectivity index (χ2n) is 7.86. The Kier molecular flexibility index (Phi) is 10.9. The van der Waals surface area contributed by atoms with Crippen molar-refractivity contribution in [2.75, 3.05) is 6.54 Å². The predicted octanol–water partition coefficient (Wildman–Crippen LogP) is -3.64. The van der Waals surface area contributed by atoms with Crippen molar-refractivity contribution in [3.05, 3.63) is 0 Å². The molecule has 4 unspecified atom stereocenters. The van der Waals surface area contributed by atoms with Crippen molar-refractivity contribution in [2.24, 2.45) is 17.2 Å². The van der Waals surface area contributed by atoms with Crippen LogP contribution in [0.1, 0.15) is 44.9 Å². The standard InChI is InChI=1S/C19H30N6O9/c20-9(3-6-15(28)29)18(32)25-7-1-2-12(25)17(31)23-10(4-5-13(21)26)16(30)24-11(19(33)34)8-14(22)27/h9-12H,1-8,20H2,(H2,21,26)(H2,22,27)(H,23,31)(H,24,30)(H,28,29)(H,33,34). The molecule has 1 saturated heterocycles. The van der Waals surface area contributed by atoms with Crippen molar-refractivity contribution in [1.29, 1.82) is 0 Å². The Bertz CT molecular complexity index is 833. The lowest BCUT2D eigenvalue weighted by atomic mass is 10.1. The number of aliphatic carboxylic acids is 2. The molecule has 0 spiro atoms. The summed E-state index contributed by atoms with van der Waals surface area (Å²) in [5.74, 6) is -6.77. The maximum Gasteiger partial charge on any atom is 0.326 e. The van der Waals surface area contributed by atoms with Gasteiger partial charge >= 0.3 is 11.9 Å². The first kappa shape index (κ1) is 28.3. The van der Waals surface area contributed by atoms with Gasteiger partial charge in [0.15, 0.2) is 0 Å². The first-order valence-electron chi connectivity index (χ1n) is 10.5. The number of nitrogens with one attached hydrogen (secondary N) is 2. The monoisotopic (exact) mass is 486 g/mol. The van der Waals surface area contributed by atoms with Gasteiger partial charge in [-0.3, -0.25) is 28.8 Å². The highest BCUT2D eigenvalue weighted by Crippen LogP contribution is 2.19. The van der Waals surface area contributed by atoms with E-state index in [1.807, 2.05) is 0 Å². The van der Waals surface area contributed by atoms with Crippen molar-refractivity contribution < 1.29 is 43.8 Å². The number of nitrogens with two attached hydrogens (primary N) is 3. The van der Waals surface area contributed by atoms with E-state index in [2.05, 4.69) is 10.6 Å². The second-order valence-corrected chi connectivity index (χ2v) is 7.86. The molecule has 0 aromatic rings. The number of primary amides is 2. The van der Waals surface area contributed by atoms with Crippen LogP contribution in [0.3, 0.4) is 0 Å². The summed E-state index contributed by atoms with van der Waals surface area (Å²) in [5.41, 5.74) is 15.9. The molecule has 1 aliphatic rings. The Morgan fingerprint density at radius 1 is 0.912 bits per heavy atom. The number of carboxylic acid groups (broad SMARTS) is 2. The van der Waals surface area contributed by atoms with Gasteiger partial charge in [0.2, 0.25) is 29.5 Å². The summed E-state index contributed by atoms with van der Waals surface area (Å²) in [6.45, 7) is 0.190. The van der Waals surface area contributed by atoms with Gasteiger partial charge in [-0.2, -0.15) is 0 Å². The third-order valence-electron chi connectivity index (χ3n) is 5.16. The lowest BCUT2D eigenvalue weighted by molar-refractivity contribution is -0.144. The number of nitrogens with zero attached hydrogens (tertiary/aromatic N) is 1. The van der Waals surface area contributed by atoms with E-state index in [0.29, 0.717) is 6.42 Å². The minimum absolute atomic E-state index is 0.126. The van der Waals surface area contributed by atoms with Crippen molar-refractivity contribution in [1.82, 2.24) is 15.5 Å². The quantitative estimate of drug-likeness (QED) is 0.126. The first-order chi connectivity index (χ1) is 15.8. The van der Waals surface area contributed by atoms with Gasteiger partial charge in [0.05, 0.1) is 12.5 Å². The molecule has 4 atom stereocenters. The van der Waals surface area contributed by atoms with Gasteiger partial charge in [0.25, 0.3) is 0 Å². The van der Waals surface area contributed by atoms with E-state index in [1.165, 1.54) is 4.90 Å². The predicted molar refractivity (Wildman–Crippen MR) is 113 cm³/mol. The Hall–Kier alpha value is -3.75. The van der Waals surface area contributed by atoms with Crippen LogP contribution in [0.5, 0.6) is 0 Å². The number of carboxylic acids is 2. The van der Waals surface area contributed by atoms with Crippen molar-refractivity contribution in [3.63, 3.8) is 0 Å². The molecule has 1 heterocycles. The highest BCUT2D eigenvalue weighted by molar-refractivity contribution is 5.95. The van der Waals surface area contributed by atoms with Crippen LogP contribution in [0, 0.1) is 0 Å². The van der Waals surface area contributed by atoms with E-state index in [-0.39, 0.29) is 38.6 Å². The molecule has 0 radical (unpaired) electrons. The van der Waals surface area contributed by atoms with Crippen LogP contribution in [0.4, 0.5) is 0 Å². The molecule has 5 amide bonds. The van der Waals surface area contributed by atoms with Crippen LogP contribution >= 0.6 is 0 Å². The molecule has 15 nitrogen and oxygen atoms in total. The van der Waals surface area contributed by atoms with E-state index >= 15 is 0 Å². The smallest absolute Gasteiger partial charge is 0.326 e. The van der Waals surface area contributed by atoms with Gasteiger partial charge in [-0.15, -0.1) is 0 Å². The van der Waals surface area contributed by atoms with Crippen molar-refractivity contribution in [2.45, 2.75) is 69.1 Å². The maximum atomic E-state index is 12.9. The number of rotatable bonds is 14. The van der Waals surface area contributed by atoms with Crippen LogP contribution in [0.2, 0.25) is 0 Å². The third-order valence-corrected chi connectivity index (χ3v) is 5.16.